The summed E-state index contributed by atoms with van der Waals surface area (Å²) in [7, 11) is 0. The SMILES string of the molecule is Cc1cn[nH]c1C1CCN(Cc2ccccc2N2CCCC2)C1. The molecule has 0 spiro atoms. The number of H-pyrrole nitrogens is 1. The summed E-state index contributed by atoms with van der Waals surface area (Å²) < 4.78 is 0. The molecule has 2 aliphatic rings. The van der Waals surface area contributed by atoms with Crippen molar-refractivity contribution in [3.63, 3.8) is 0 Å². The molecule has 0 radical (unpaired) electrons. The molecule has 2 aliphatic heterocycles. The highest BCUT2D eigenvalue weighted by atomic mass is 15.2. The molecule has 4 nitrogen and oxygen atoms in total. The molecule has 2 saturated heterocycles. The fraction of sp³-hybridized carbons (Fsp3) is 0.526. The van der Waals surface area contributed by atoms with E-state index in [1.165, 1.54) is 61.4 Å². The van der Waals surface area contributed by atoms with Gasteiger partial charge in [-0.1, -0.05) is 18.2 Å². The molecule has 122 valence electrons. The van der Waals surface area contributed by atoms with Gasteiger partial charge in [0.2, 0.25) is 0 Å². The Morgan fingerprint density at radius 1 is 1.17 bits per heavy atom. The lowest BCUT2D eigenvalue weighted by Crippen LogP contribution is -2.24. The molecule has 0 saturated carbocycles. The van der Waals surface area contributed by atoms with Crippen LogP contribution >= 0.6 is 0 Å². The van der Waals surface area contributed by atoms with E-state index in [-0.39, 0.29) is 0 Å². The number of aryl methyl sites for hydroxylation is 1. The molecule has 0 amide bonds. The Balaban J connectivity index is 1.46. The first kappa shape index (κ1) is 14.8. The van der Waals surface area contributed by atoms with Gasteiger partial charge in [-0.3, -0.25) is 10.00 Å². The van der Waals surface area contributed by atoms with Crippen molar-refractivity contribution in [1.29, 1.82) is 0 Å². The van der Waals surface area contributed by atoms with Crippen molar-refractivity contribution in [3.05, 3.63) is 47.3 Å². The van der Waals surface area contributed by atoms with Crippen LogP contribution in [0.15, 0.2) is 30.5 Å². The van der Waals surface area contributed by atoms with Crippen LogP contribution < -0.4 is 4.90 Å². The van der Waals surface area contributed by atoms with E-state index in [1.807, 2.05) is 6.20 Å². The highest BCUT2D eigenvalue weighted by Gasteiger charge is 2.27. The zero-order chi connectivity index (χ0) is 15.6. The fourth-order valence-corrected chi connectivity index (χ4v) is 4.13. The summed E-state index contributed by atoms with van der Waals surface area (Å²) in [5.74, 6) is 0.608. The zero-order valence-electron chi connectivity index (χ0n) is 14.0. The van der Waals surface area contributed by atoms with Crippen molar-refractivity contribution < 1.29 is 0 Å². The van der Waals surface area contributed by atoms with Gasteiger partial charge in [0, 0.05) is 43.5 Å². The Morgan fingerprint density at radius 2 is 2.00 bits per heavy atom. The van der Waals surface area contributed by atoms with E-state index in [9.17, 15) is 0 Å². The van der Waals surface area contributed by atoms with Gasteiger partial charge >= 0.3 is 0 Å². The van der Waals surface area contributed by atoms with Crippen molar-refractivity contribution in [3.8, 4) is 0 Å². The number of anilines is 1. The number of rotatable bonds is 4. The first-order chi connectivity index (χ1) is 11.3. The van der Waals surface area contributed by atoms with Crippen LogP contribution in [0.25, 0.3) is 0 Å². The Morgan fingerprint density at radius 3 is 2.78 bits per heavy atom. The molecule has 1 atom stereocenters. The van der Waals surface area contributed by atoms with E-state index in [0.29, 0.717) is 5.92 Å². The number of benzene rings is 1. The quantitative estimate of drug-likeness (QED) is 0.941. The molecule has 23 heavy (non-hydrogen) atoms. The second kappa shape index (κ2) is 6.36. The second-order valence-electron chi connectivity index (χ2n) is 7.01. The third-order valence-electron chi connectivity index (χ3n) is 5.38. The molecular weight excluding hydrogens is 284 g/mol. The minimum atomic E-state index is 0.608. The Kier molecular flexibility index (Phi) is 4.08. The molecule has 2 aromatic rings. The maximum Gasteiger partial charge on any atom is 0.0519 e. The summed E-state index contributed by atoms with van der Waals surface area (Å²) in [6.45, 7) is 7.97. The summed E-state index contributed by atoms with van der Waals surface area (Å²) in [5, 5.41) is 7.39. The van der Waals surface area contributed by atoms with E-state index < -0.39 is 0 Å². The summed E-state index contributed by atoms with van der Waals surface area (Å²) in [6, 6.07) is 8.97. The molecule has 1 aromatic heterocycles. The second-order valence-corrected chi connectivity index (χ2v) is 7.01. The minimum Gasteiger partial charge on any atom is -0.371 e. The van der Waals surface area contributed by atoms with Crippen molar-refractivity contribution in [2.75, 3.05) is 31.1 Å². The largest absolute Gasteiger partial charge is 0.371 e. The van der Waals surface area contributed by atoms with Gasteiger partial charge in [0.15, 0.2) is 0 Å². The van der Waals surface area contributed by atoms with E-state index >= 15 is 0 Å². The Hall–Kier alpha value is -1.81. The number of likely N-dealkylation sites (tertiary alicyclic amines) is 1. The molecular formula is C19H26N4. The highest BCUT2D eigenvalue weighted by Crippen LogP contribution is 2.31. The normalized spacial score (nSPS) is 22.1. The molecule has 1 unspecified atom stereocenters. The lowest BCUT2D eigenvalue weighted by Gasteiger charge is -2.24. The number of aromatic nitrogens is 2. The molecule has 1 N–H and O–H groups in total. The summed E-state index contributed by atoms with van der Waals surface area (Å²) in [5.41, 5.74) is 5.57. The maximum absolute atomic E-state index is 4.19. The lowest BCUT2D eigenvalue weighted by atomic mass is 10.0. The maximum atomic E-state index is 4.19. The Labute approximate surface area is 138 Å². The van der Waals surface area contributed by atoms with Crippen LogP contribution in [0.4, 0.5) is 5.69 Å². The van der Waals surface area contributed by atoms with Gasteiger partial charge in [-0.2, -0.15) is 5.10 Å². The summed E-state index contributed by atoms with van der Waals surface area (Å²) in [6.07, 6.45) is 5.84. The van der Waals surface area contributed by atoms with Crippen LogP contribution in [0.5, 0.6) is 0 Å². The van der Waals surface area contributed by atoms with Gasteiger partial charge in [0.25, 0.3) is 0 Å². The van der Waals surface area contributed by atoms with Gasteiger partial charge < -0.3 is 4.90 Å². The predicted octanol–water partition coefficient (Wildman–Crippen LogP) is 3.31. The first-order valence-corrected chi connectivity index (χ1v) is 8.86. The summed E-state index contributed by atoms with van der Waals surface area (Å²) in [4.78, 5) is 5.15. The molecule has 0 bridgehead atoms. The minimum absolute atomic E-state index is 0.608. The van der Waals surface area contributed by atoms with E-state index in [4.69, 9.17) is 0 Å². The van der Waals surface area contributed by atoms with Crippen molar-refractivity contribution in [1.82, 2.24) is 15.1 Å². The van der Waals surface area contributed by atoms with Crippen LogP contribution in [0.2, 0.25) is 0 Å². The van der Waals surface area contributed by atoms with Crippen LogP contribution in [0, 0.1) is 6.92 Å². The fourth-order valence-electron chi connectivity index (χ4n) is 4.13. The van der Waals surface area contributed by atoms with Crippen LogP contribution in [-0.4, -0.2) is 41.3 Å². The van der Waals surface area contributed by atoms with Crippen LogP contribution in [0.1, 0.15) is 42.0 Å². The molecule has 3 heterocycles. The van der Waals surface area contributed by atoms with Crippen LogP contribution in [-0.2, 0) is 6.54 Å². The van der Waals surface area contributed by atoms with E-state index in [0.717, 1.165) is 13.1 Å². The van der Waals surface area contributed by atoms with Crippen molar-refractivity contribution >= 4 is 5.69 Å². The first-order valence-electron chi connectivity index (χ1n) is 8.86. The standard InChI is InChI=1S/C19H26N4/c1-15-12-20-21-19(15)17-8-11-22(14-17)13-16-6-2-3-7-18(16)23-9-4-5-10-23/h2-3,6-7,12,17H,4-5,8-11,13-14H2,1H3,(H,20,21). The smallest absolute Gasteiger partial charge is 0.0519 e. The van der Waals surface area contributed by atoms with E-state index in [2.05, 4.69) is 51.2 Å². The van der Waals surface area contributed by atoms with Crippen molar-refractivity contribution in [2.45, 2.75) is 38.6 Å². The molecule has 1 aromatic carbocycles. The lowest BCUT2D eigenvalue weighted by molar-refractivity contribution is 0.326. The monoisotopic (exact) mass is 310 g/mol. The van der Waals surface area contributed by atoms with Gasteiger partial charge in [0.05, 0.1) is 6.20 Å². The average Bonchev–Trinajstić information content (AvgIpc) is 3.29. The molecule has 0 aliphatic carbocycles. The molecule has 2 fully saturated rings. The summed E-state index contributed by atoms with van der Waals surface area (Å²) >= 11 is 0. The van der Waals surface area contributed by atoms with Gasteiger partial charge in [0.1, 0.15) is 0 Å². The number of nitrogens with one attached hydrogen (secondary N) is 1. The highest BCUT2D eigenvalue weighted by molar-refractivity contribution is 5.54. The average molecular weight is 310 g/mol. The van der Waals surface area contributed by atoms with E-state index in [1.54, 1.807) is 0 Å². The third kappa shape index (κ3) is 3.00. The third-order valence-corrected chi connectivity index (χ3v) is 5.38. The van der Waals surface area contributed by atoms with Crippen LogP contribution in [0.3, 0.4) is 0 Å². The predicted molar refractivity (Wildman–Crippen MR) is 93.8 cm³/mol. The number of hydrogen-bond acceptors (Lipinski definition) is 3. The number of para-hydroxylation sites is 1. The number of hydrogen-bond donors (Lipinski definition) is 1. The topological polar surface area (TPSA) is 35.2 Å². The van der Waals surface area contributed by atoms with Crippen molar-refractivity contribution in [2.24, 2.45) is 0 Å². The van der Waals surface area contributed by atoms with Gasteiger partial charge in [-0.25, -0.2) is 0 Å². The Bertz CT molecular complexity index is 657. The molecule has 4 rings (SSSR count). The number of aromatic amines is 1. The zero-order valence-corrected chi connectivity index (χ0v) is 14.0. The van der Waals surface area contributed by atoms with Gasteiger partial charge in [-0.15, -0.1) is 0 Å². The number of nitrogens with zero attached hydrogens (tertiary/aromatic N) is 3. The van der Waals surface area contributed by atoms with Gasteiger partial charge in [-0.05, 0) is 49.9 Å². The molecule has 4 heteroatoms.